The molecule has 2 aromatic rings. The number of imidazole rings is 1. The SMILES string of the molecule is CC(=O)NCc1cnc([C@@H]2CCN(C(=O)CCc3cccs3)C2)[nH]1. The summed E-state index contributed by atoms with van der Waals surface area (Å²) in [5.74, 6) is 1.32. The smallest absolute Gasteiger partial charge is 0.222 e. The van der Waals surface area contributed by atoms with Gasteiger partial charge in [0.15, 0.2) is 0 Å². The van der Waals surface area contributed by atoms with Gasteiger partial charge in [-0.15, -0.1) is 11.3 Å². The van der Waals surface area contributed by atoms with Crippen molar-refractivity contribution < 1.29 is 9.59 Å². The summed E-state index contributed by atoms with van der Waals surface area (Å²) in [6.07, 6.45) is 4.07. The number of hydrogen-bond donors (Lipinski definition) is 2. The van der Waals surface area contributed by atoms with Crippen molar-refractivity contribution in [3.8, 4) is 0 Å². The molecular formula is C17H22N4O2S. The van der Waals surface area contributed by atoms with Crippen LogP contribution in [0, 0.1) is 0 Å². The molecule has 1 fully saturated rings. The highest BCUT2D eigenvalue weighted by Gasteiger charge is 2.28. The van der Waals surface area contributed by atoms with Crippen molar-refractivity contribution in [1.29, 1.82) is 0 Å². The number of aromatic nitrogens is 2. The first-order valence-electron chi connectivity index (χ1n) is 8.20. The fraction of sp³-hybridized carbons (Fsp3) is 0.471. The number of hydrogen-bond acceptors (Lipinski definition) is 4. The number of likely N-dealkylation sites (tertiary alicyclic amines) is 1. The normalized spacial score (nSPS) is 17.2. The van der Waals surface area contributed by atoms with Gasteiger partial charge in [0.25, 0.3) is 0 Å². The molecule has 2 aromatic heterocycles. The van der Waals surface area contributed by atoms with Crippen LogP contribution in [0.25, 0.3) is 0 Å². The minimum absolute atomic E-state index is 0.0606. The molecule has 0 spiro atoms. The van der Waals surface area contributed by atoms with E-state index in [2.05, 4.69) is 21.4 Å². The Balaban J connectivity index is 1.49. The predicted octanol–water partition coefficient (Wildman–Crippen LogP) is 2.06. The molecule has 128 valence electrons. The fourth-order valence-corrected chi connectivity index (χ4v) is 3.66. The topological polar surface area (TPSA) is 78.1 Å². The number of aromatic amines is 1. The van der Waals surface area contributed by atoms with Crippen LogP contribution in [0.4, 0.5) is 0 Å². The predicted molar refractivity (Wildman–Crippen MR) is 92.7 cm³/mol. The lowest BCUT2D eigenvalue weighted by atomic mass is 10.1. The Labute approximate surface area is 145 Å². The molecule has 1 saturated heterocycles. The zero-order valence-electron chi connectivity index (χ0n) is 13.7. The summed E-state index contributed by atoms with van der Waals surface area (Å²) < 4.78 is 0. The Morgan fingerprint density at radius 1 is 1.50 bits per heavy atom. The van der Waals surface area contributed by atoms with E-state index in [0.717, 1.165) is 37.4 Å². The average Bonchev–Trinajstić information content (AvgIpc) is 3.31. The summed E-state index contributed by atoms with van der Waals surface area (Å²) in [6.45, 7) is 3.46. The molecule has 0 saturated carbocycles. The third kappa shape index (κ3) is 4.23. The van der Waals surface area contributed by atoms with Crippen LogP contribution in [0.3, 0.4) is 0 Å². The van der Waals surface area contributed by atoms with E-state index in [1.54, 1.807) is 17.5 Å². The quantitative estimate of drug-likeness (QED) is 0.840. The van der Waals surface area contributed by atoms with E-state index in [1.165, 1.54) is 11.8 Å². The number of nitrogens with one attached hydrogen (secondary N) is 2. The van der Waals surface area contributed by atoms with Crippen molar-refractivity contribution in [1.82, 2.24) is 20.2 Å². The minimum atomic E-state index is -0.0606. The van der Waals surface area contributed by atoms with Crippen molar-refractivity contribution in [2.24, 2.45) is 0 Å². The van der Waals surface area contributed by atoms with E-state index in [0.29, 0.717) is 13.0 Å². The van der Waals surface area contributed by atoms with Gasteiger partial charge < -0.3 is 15.2 Å². The molecule has 2 amide bonds. The zero-order valence-corrected chi connectivity index (χ0v) is 14.6. The third-order valence-electron chi connectivity index (χ3n) is 4.27. The number of rotatable bonds is 6. The first-order chi connectivity index (χ1) is 11.6. The van der Waals surface area contributed by atoms with Gasteiger partial charge in [-0.3, -0.25) is 9.59 Å². The lowest BCUT2D eigenvalue weighted by Crippen LogP contribution is -2.28. The molecule has 7 heteroatoms. The standard InChI is InChI=1S/C17H22N4O2S/c1-12(22)18-9-14-10-19-17(20-14)13-6-7-21(11-13)16(23)5-4-15-3-2-8-24-15/h2-3,8,10,13H,4-7,9,11H2,1H3,(H,18,22)(H,19,20)/t13-/m1/s1. The second-order valence-corrected chi connectivity index (χ2v) is 7.14. The molecule has 0 bridgehead atoms. The van der Waals surface area contributed by atoms with Crippen LogP contribution >= 0.6 is 11.3 Å². The molecule has 0 radical (unpaired) electrons. The summed E-state index contributed by atoms with van der Waals surface area (Å²) in [7, 11) is 0. The first kappa shape index (κ1) is 16.7. The zero-order chi connectivity index (χ0) is 16.9. The highest BCUT2D eigenvalue weighted by atomic mass is 32.1. The highest BCUT2D eigenvalue weighted by molar-refractivity contribution is 7.09. The Morgan fingerprint density at radius 3 is 3.12 bits per heavy atom. The molecule has 1 aliphatic heterocycles. The van der Waals surface area contributed by atoms with Crippen molar-refractivity contribution in [2.45, 2.75) is 38.6 Å². The van der Waals surface area contributed by atoms with Crippen LogP contribution in [0.5, 0.6) is 0 Å². The van der Waals surface area contributed by atoms with Gasteiger partial charge >= 0.3 is 0 Å². The van der Waals surface area contributed by atoms with Gasteiger partial charge in [-0.05, 0) is 24.3 Å². The molecule has 0 aliphatic carbocycles. The van der Waals surface area contributed by atoms with Gasteiger partial charge in [0, 0.05) is 37.2 Å². The van der Waals surface area contributed by atoms with E-state index in [-0.39, 0.29) is 17.7 Å². The maximum atomic E-state index is 12.4. The van der Waals surface area contributed by atoms with Gasteiger partial charge in [0.05, 0.1) is 18.4 Å². The first-order valence-corrected chi connectivity index (χ1v) is 9.08. The van der Waals surface area contributed by atoms with Gasteiger partial charge in [0.2, 0.25) is 11.8 Å². The Bertz CT molecular complexity index is 695. The number of thiophene rings is 1. The number of nitrogens with zero attached hydrogens (tertiary/aromatic N) is 2. The van der Waals surface area contributed by atoms with Crippen LogP contribution in [0.2, 0.25) is 0 Å². The van der Waals surface area contributed by atoms with E-state index in [9.17, 15) is 9.59 Å². The number of aryl methyl sites for hydroxylation is 1. The summed E-state index contributed by atoms with van der Waals surface area (Å²) in [5, 5.41) is 4.79. The molecule has 24 heavy (non-hydrogen) atoms. The maximum Gasteiger partial charge on any atom is 0.222 e. The van der Waals surface area contributed by atoms with E-state index in [4.69, 9.17) is 0 Å². The maximum absolute atomic E-state index is 12.4. The molecule has 1 aliphatic rings. The fourth-order valence-electron chi connectivity index (χ4n) is 2.95. The number of carbonyl (C=O) groups excluding carboxylic acids is 2. The Kier molecular flexibility index (Phi) is 5.30. The van der Waals surface area contributed by atoms with Crippen LogP contribution in [-0.4, -0.2) is 39.8 Å². The van der Waals surface area contributed by atoms with Crippen LogP contribution in [0.15, 0.2) is 23.7 Å². The lowest BCUT2D eigenvalue weighted by Gasteiger charge is -2.15. The van der Waals surface area contributed by atoms with Gasteiger partial charge in [-0.25, -0.2) is 4.98 Å². The number of amides is 2. The molecule has 2 N–H and O–H groups in total. The molecule has 6 nitrogen and oxygen atoms in total. The van der Waals surface area contributed by atoms with Crippen molar-refractivity contribution in [3.63, 3.8) is 0 Å². The lowest BCUT2D eigenvalue weighted by molar-refractivity contribution is -0.130. The molecule has 1 atom stereocenters. The average molecular weight is 346 g/mol. The summed E-state index contributed by atoms with van der Waals surface area (Å²) in [6, 6.07) is 4.09. The molecule has 0 aromatic carbocycles. The minimum Gasteiger partial charge on any atom is -0.351 e. The van der Waals surface area contributed by atoms with Gasteiger partial charge in [0.1, 0.15) is 5.82 Å². The highest BCUT2D eigenvalue weighted by Crippen LogP contribution is 2.26. The largest absolute Gasteiger partial charge is 0.351 e. The monoisotopic (exact) mass is 346 g/mol. The molecule has 0 unspecified atom stereocenters. The van der Waals surface area contributed by atoms with Crippen molar-refractivity contribution in [2.75, 3.05) is 13.1 Å². The molecule has 3 heterocycles. The number of carbonyl (C=O) groups is 2. The van der Waals surface area contributed by atoms with E-state index >= 15 is 0 Å². The molecule has 3 rings (SSSR count). The van der Waals surface area contributed by atoms with Gasteiger partial charge in [-0.2, -0.15) is 0 Å². The Morgan fingerprint density at radius 2 is 2.38 bits per heavy atom. The van der Waals surface area contributed by atoms with E-state index < -0.39 is 0 Å². The van der Waals surface area contributed by atoms with Crippen LogP contribution < -0.4 is 5.32 Å². The second-order valence-electron chi connectivity index (χ2n) is 6.11. The summed E-state index contributed by atoms with van der Waals surface area (Å²) in [4.78, 5) is 34.2. The van der Waals surface area contributed by atoms with Crippen molar-refractivity contribution in [3.05, 3.63) is 40.1 Å². The second kappa shape index (κ2) is 7.61. The molecular weight excluding hydrogens is 324 g/mol. The van der Waals surface area contributed by atoms with Crippen LogP contribution in [-0.2, 0) is 22.6 Å². The van der Waals surface area contributed by atoms with Crippen LogP contribution in [0.1, 0.15) is 42.1 Å². The Hall–Kier alpha value is -2.15. The summed E-state index contributed by atoms with van der Waals surface area (Å²) in [5.41, 5.74) is 0.891. The van der Waals surface area contributed by atoms with Gasteiger partial charge in [-0.1, -0.05) is 6.07 Å². The number of H-pyrrole nitrogens is 1. The third-order valence-corrected chi connectivity index (χ3v) is 5.21. The van der Waals surface area contributed by atoms with E-state index in [1.807, 2.05) is 16.3 Å². The van der Waals surface area contributed by atoms with Crippen molar-refractivity contribution >= 4 is 23.2 Å². The summed E-state index contributed by atoms with van der Waals surface area (Å²) >= 11 is 1.70.